The average molecular weight is 466 g/mol. The summed E-state index contributed by atoms with van der Waals surface area (Å²) in [7, 11) is -1.76. The van der Waals surface area contributed by atoms with Crippen LogP contribution in [0.4, 0.5) is 4.79 Å². The number of benzene rings is 2. The maximum Gasteiger partial charge on any atom is 0.475 e. The van der Waals surface area contributed by atoms with E-state index in [9.17, 15) is 20.1 Å². The molecule has 1 aromatic heterocycles. The highest BCUT2D eigenvalue weighted by Gasteiger charge is 2.27. The van der Waals surface area contributed by atoms with Gasteiger partial charge in [-0.3, -0.25) is 4.98 Å². The minimum atomic E-state index is -1.76. The molecule has 35 heavy (non-hydrogen) atoms. The summed E-state index contributed by atoms with van der Waals surface area (Å²) in [6, 6.07) is 23.6. The van der Waals surface area contributed by atoms with Gasteiger partial charge in [0.15, 0.2) is 0 Å². The smallest absolute Gasteiger partial charge is 0.442 e. The number of amides is 1. The molecule has 0 saturated carbocycles. The van der Waals surface area contributed by atoms with Gasteiger partial charge >= 0.3 is 13.2 Å². The molecule has 0 radical (unpaired) electrons. The highest BCUT2D eigenvalue weighted by Crippen LogP contribution is 2.22. The van der Waals surface area contributed by atoms with Gasteiger partial charge in [0, 0.05) is 6.20 Å². The van der Waals surface area contributed by atoms with Gasteiger partial charge in [-0.2, -0.15) is 10.5 Å². The van der Waals surface area contributed by atoms with E-state index in [0.29, 0.717) is 28.0 Å². The van der Waals surface area contributed by atoms with E-state index in [1.54, 1.807) is 49.4 Å². The lowest BCUT2D eigenvalue weighted by atomic mass is 9.76. The molecule has 3 rings (SSSR count). The van der Waals surface area contributed by atoms with Crippen LogP contribution in [0.2, 0.25) is 0 Å². The number of pyridine rings is 1. The first-order chi connectivity index (χ1) is 16.9. The van der Waals surface area contributed by atoms with Crippen LogP contribution in [0.5, 0.6) is 0 Å². The zero-order valence-corrected chi connectivity index (χ0v) is 19.0. The molecular weight excluding hydrogens is 443 g/mol. The van der Waals surface area contributed by atoms with Gasteiger partial charge < -0.3 is 20.1 Å². The SMILES string of the molecule is CC(OC(=O)NC(Cc1ccccc1)B(O)O)c1cccc(C=C(C#N)c2ccc(C#N)cn2)c1. The maximum absolute atomic E-state index is 12.4. The molecule has 0 spiro atoms. The Morgan fingerprint density at radius 1 is 1.14 bits per heavy atom. The summed E-state index contributed by atoms with van der Waals surface area (Å²) in [5.74, 6) is -0.940. The Balaban J connectivity index is 1.69. The van der Waals surface area contributed by atoms with E-state index >= 15 is 0 Å². The number of alkyl carbamates (subject to hydrolysis) is 1. The standard InChI is InChI=1S/C26H23BN4O4/c1-18(35-26(32)31-25(27(33)34)14-19-6-3-2-4-7-19)22-9-5-8-20(12-22)13-23(16-29)24-11-10-21(15-28)17-30-24/h2-13,17-18,25,33-34H,14H2,1H3,(H,31,32). The average Bonchev–Trinajstić information content (AvgIpc) is 2.87. The quantitative estimate of drug-likeness (QED) is 0.341. The van der Waals surface area contributed by atoms with Crippen molar-refractivity contribution < 1.29 is 19.6 Å². The van der Waals surface area contributed by atoms with Gasteiger partial charge in [0.25, 0.3) is 0 Å². The van der Waals surface area contributed by atoms with Crippen molar-refractivity contribution in [2.75, 3.05) is 0 Å². The Hall–Kier alpha value is -4.44. The highest BCUT2D eigenvalue weighted by atomic mass is 16.6. The molecule has 3 N–H and O–H groups in total. The molecule has 1 heterocycles. The zero-order valence-electron chi connectivity index (χ0n) is 19.0. The van der Waals surface area contributed by atoms with Crippen molar-refractivity contribution in [3.05, 3.63) is 101 Å². The number of nitriles is 2. The fourth-order valence-corrected chi connectivity index (χ4v) is 3.36. The largest absolute Gasteiger partial charge is 0.475 e. The van der Waals surface area contributed by atoms with Crippen molar-refractivity contribution in [3.63, 3.8) is 0 Å². The third-order valence-corrected chi connectivity index (χ3v) is 5.23. The number of hydrogen-bond acceptors (Lipinski definition) is 7. The van der Waals surface area contributed by atoms with Crippen LogP contribution < -0.4 is 5.32 Å². The molecule has 0 aliphatic rings. The Kier molecular flexibility index (Phi) is 8.74. The number of nitrogens with zero attached hydrogens (tertiary/aromatic N) is 3. The van der Waals surface area contributed by atoms with Crippen LogP contribution in [-0.2, 0) is 11.2 Å². The number of carbonyl (C=O) groups excluding carboxylic acids is 1. The van der Waals surface area contributed by atoms with Crippen molar-refractivity contribution in [1.82, 2.24) is 10.3 Å². The Morgan fingerprint density at radius 2 is 1.91 bits per heavy atom. The molecular formula is C26H23BN4O4. The number of allylic oxidation sites excluding steroid dienone is 1. The van der Waals surface area contributed by atoms with Gasteiger partial charge in [0.2, 0.25) is 0 Å². The predicted molar refractivity (Wildman–Crippen MR) is 131 cm³/mol. The molecule has 0 saturated heterocycles. The molecule has 1 amide bonds. The minimum absolute atomic E-state index is 0.225. The van der Waals surface area contributed by atoms with Gasteiger partial charge in [-0.15, -0.1) is 0 Å². The summed E-state index contributed by atoms with van der Waals surface area (Å²) in [6.45, 7) is 1.69. The second-order valence-corrected chi connectivity index (χ2v) is 7.79. The van der Waals surface area contributed by atoms with Crippen molar-refractivity contribution >= 4 is 24.9 Å². The molecule has 0 aliphatic carbocycles. The van der Waals surface area contributed by atoms with Crippen molar-refractivity contribution in [2.24, 2.45) is 0 Å². The van der Waals surface area contributed by atoms with E-state index in [2.05, 4.69) is 16.4 Å². The van der Waals surface area contributed by atoms with E-state index in [1.807, 2.05) is 36.4 Å². The van der Waals surface area contributed by atoms with Crippen LogP contribution in [-0.4, -0.2) is 34.2 Å². The number of ether oxygens (including phenoxy) is 1. The zero-order chi connectivity index (χ0) is 25.2. The topological polar surface area (TPSA) is 139 Å². The van der Waals surface area contributed by atoms with Gasteiger partial charge in [0.1, 0.15) is 18.2 Å². The molecule has 174 valence electrons. The first-order valence-corrected chi connectivity index (χ1v) is 10.8. The van der Waals surface area contributed by atoms with Crippen LogP contribution >= 0.6 is 0 Å². The molecule has 0 aliphatic heterocycles. The lowest BCUT2D eigenvalue weighted by molar-refractivity contribution is 0.105. The van der Waals surface area contributed by atoms with Crippen LogP contribution in [0.1, 0.15) is 41.0 Å². The van der Waals surface area contributed by atoms with Gasteiger partial charge in [-0.1, -0.05) is 48.5 Å². The predicted octanol–water partition coefficient (Wildman–Crippen LogP) is 3.43. The summed E-state index contributed by atoms with van der Waals surface area (Å²) in [5, 5.41) is 40.3. The lowest BCUT2D eigenvalue weighted by Gasteiger charge is -2.20. The molecule has 9 heteroatoms. The first kappa shape index (κ1) is 25.2. The second kappa shape index (κ2) is 12.1. The third-order valence-electron chi connectivity index (χ3n) is 5.23. The Bertz CT molecular complexity index is 1270. The van der Waals surface area contributed by atoms with E-state index in [-0.39, 0.29) is 6.42 Å². The number of nitrogens with one attached hydrogen (secondary N) is 1. The monoisotopic (exact) mass is 466 g/mol. The van der Waals surface area contributed by atoms with Crippen molar-refractivity contribution in [2.45, 2.75) is 25.4 Å². The molecule has 8 nitrogen and oxygen atoms in total. The first-order valence-electron chi connectivity index (χ1n) is 10.8. The van der Waals surface area contributed by atoms with E-state index in [4.69, 9.17) is 10.00 Å². The fraction of sp³-hybridized carbons (Fsp3) is 0.154. The Labute approximate surface area is 203 Å². The molecule has 0 bridgehead atoms. The van der Waals surface area contributed by atoms with Crippen LogP contribution in [0.25, 0.3) is 11.6 Å². The van der Waals surface area contributed by atoms with Crippen LogP contribution in [0.3, 0.4) is 0 Å². The maximum atomic E-state index is 12.4. The number of rotatable bonds is 8. The Morgan fingerprint density at radius 3 is 2.54 bits per heavy atom. The molecule has 2 aromatic carbocycles. The van der Waals surface area contributed by atoms with Crippen LogP contribution in [0.15, 0.2) is 72.9 Å². The van der Waals surface area contributed by atoms with Crippen LogP contribution in [0, 0.1) is 22.7 Å². The molecule has 0 fully saturated rings. The normalized spacial score (nSPS) is 12.5. The van der Waals surface area contributed by atoms with Gasteiger partial charge in [-0.25, -0.2) is 4.79 Å². The summed E-state index contributed by atoms with van der Waals surface area (Å²) in [4.78, 5) is 16.6. The number of carbonyl (C=O) groups is 1. The minimum Gasteiger partial charge on any atom is -0.442 e. The summed E-state index contributed by atoms with van der Waals surface area (Å²) in [5.41, 5.74) is 3.38. The molecule has 3 aromatic rings. The highest BCUT2D eigenvalue weighted by molar-refractivity contribution is 6.43. The third kappa shape index (κ3) is 7.28. The summed E-state index contributed by atoms with van der Waals surface area (Å²) in [6.07, 6.45) is 1.85. The van der Waals surface area contributed by atoms with Gasteiger partial charge in [0.05, 0.1) is 22.8 Å². The fourth-order valence-electron chi connectivity index (χ4n) is 3.36. The molecule has 2 atom stereocenters. The molecule has 2 unspecified atom stereocenters. The second-order valence-electron chi connectivity index (χ2n) is 7.79. The summed E-state index contributed by atoms with van der Waals surface area (Å²) < 4.78 is 5.45. The lowest BCUT2D eigenvalue weighted by Crippen LogP contribution is -2.48. The van der Waals surface area contributed by atoms with Gasteiger partial charge in [-0.05, 0) is 54.3 Å². The summed E-state index contributed by atoms with van der Waals surface area (Å²) >= 11 is 0. The van der Waals surface area contributed by atoms with E-state index < -0.39 is 25.3 Å². The van der Waals surface area contributed by atoms with Crippen molar-refractivity contribution in [1.29, 1.82) is 10.5 Å². The van der Waals surface area contributed by atoms with E-state index in [1.165, 1.54) is 6.20 Å². The van der Waals surface area contributed by atoms with Crippen molar-refractivity contribution in [3.8, 4) is 12.1 Å². The number of aromatic nitrogens is 1. The number of hydrogen-bond donors (Lipinski definition) is 3. The van der Waals surface area contributed by atoms with E-state index in [0.717, 1.165) is 5.56 Å².